The molecule has 0 aliphatic rings. The topological polar surface area (TPSA) is 9.23 Å². The first-order valence-corrected chi connectivity index (χ1v) is 8.08. The van der Waals surface area contributed by atoms with E-state index in [0.717, 1.165) is 0 Å². The molecule has 1 rings (SSSR count). The van der Waals surface area contributed by atoms with Crippen LogP contribution in [0, 0.1) is 5.82 Å². The first-order valence-electron chi connectivity index (χ1n) is 5.17. The molecule has 1 aromatic rings. The molecule has 0 aliphatic carbocycles. The summed E-state index contributed by atoms with van der Waals surface area (Å²) in [6.45, 7) is 10.8. The van der Waals surface area contributed by atoms with Crippen molar-refractivity contribution in [3.8, 4) is 5.75 Å². The maximum atomic E-state index is 13.0. The maximum absolute atomic E-state index is 13.0. The van der Waals surface area contributed by atoms with Gasteiger partial charge in [0.25, 0.3) is 0 Å². The Labute approximate surface area is 92.4 Å². The third kappa shape index (κ3) is 3.06. The van der Waals surface area contributed by atoms with Gasteiger partial charge in [0.15, 0.2) is 0 Å². The standard InChI is InChI=1S/C12H19FOSi/c1-12(2,3)15(4,5)14-11-8-6-7-10(13)9-11/h6-9H,1-5H3. The van der Waals surface area contributed by atoms with Crippen molar-refractivity contribution >= 4 is 8.32 Å². The molecule has 1 nitrogen and oxygen atoms in total. The Morgan fingerprint density at radius 1 is 1.20 bits per heavy atom. The highest BCUT2D eigenvalue weighted by Gasteiger charge is 2.38. The molecule has 0 fully saturated rings. The molecule has 0 spiro atoms. The van der Waals surface area contributed by atoms with Crippen LogP contribution in [0.4, 0.5) is 4.39 Å². The zero-order valence-electron chi connectivity index (χ0n) is 10.1. The van der Waals surface area contributed by atoms with E-state index in [0.29, 0.717) is 5.75 Å². The number of halogens is 1. The van der Waals surface area contributed by atoms with Gasteiger partial charge < -0.3 is 4.43 Å². The van der Waals surface area contributed by atoms with Crippen molar-refractivity contribution in [1.29, 1.82) is 0 Å². The lowest BCUT2D eigenvalue weighted by molar-refractivity contribution is 0.487. The average molecular weight is 226 g/mol. The summed E-state index contributed by atoms with van der Waals surface area (Å²) in [5, 5.41) is 0.138. The van der Waals surface area contributed by atoms with Gasteiger partial charge in [-0.3, -0.25) is 0 Å². The lowest BCUT2D eigenvalue weighted by Crippen LogP contribution is -2.43. The van der Waals surface area contributed by atoms with Crippen LogP contribution in [0.1, 0.15) is 20.8 Å². The fourth-order valence-corrected chi connectivity index (χ4v) is 2.00. The number of hydrogen-bond donors (Lipinski definition) is 0. The number of hydrogen-bond acceptors (Lipinski definition) is 1. The summed E-state index contributed by atoms with van der Waals surface area (Å²) in [4.78, 5) is 0. The molecule has 0 radical (unpaired) electrons. The van der Waals surface area contributed by atoms with E-state index in [2.05, 4.69) is 33.9 Å². The molecule has 0 aliphatic heterocycles. The predicted molar refractivity (Wildman–Crippen MR) is 64.2 cm³/mol. The van der Waals surface area contributed by atoms with Crippen LogP contribution in [-0.2, 0) is 0 Å². The molecule has 0 heterocycles. The second-order valence-electron chi connectivity index (χ2n) is 5.32. The van der Waals surface area contributed by atoms with E-state index in [1.807, 2.05) is 6.07 Å². The van der Waals surface area contributed by atoms with Gasteiger partial charge in [-0.15, -0.1) is 0 Å². The third-order valence-corrected chi connectivity index (χ3v) is 7.33. The third-order valence-electron chi connectivity index (χ3n) is 2.98. The molecular formula is C12H19FOSi. The highest BCUT2D eigenvalue weighted by molar-refractivity contribution is 6.74. The quantitative estimate of drug-likeness (QED) is 0.686. The molecule has 0 bridgehead atoms. The molecule has 0 unspecified atom stereocenters. The molecule has 0 amide bonds. The molecule has 1 aromatic carbocycles. The highest BCUT2D eigenvalue weighted by atomic mass is 28.4. The van der Waals surface area contributed by atoms with Crippen LogP contribution in [-0.4, -0.2) is 8.32 Å². The number of benzene rings is 1. The second-order valence-corrected chi connectivity index (χ2v) is 10.0. The van der Waals surface area contributed by atoms with Crippen molar-refractivity contribution in [1.82, 2.24) is 0 Å². The fraction of sp³-hybridized carbons (Fsp3) is 0.500. The fourth-order valence-electron chi connectivity index (χ4n) is 0.978. The smallest absolute Gasteiger partial charge is 0.250 e. The zero-order valence-corrected chi connectivity index (χ0v) is 11.1. The maximum Gasteiger partial charge on any atom is 0.250 e. The van der Waals surface area contributed by atoms with Gasteiger partial charge in [-0.1, -0.05) is 26.8 Å². The van der Waals surface area contributed by atoms with Crippen molar-refractivity contribution in [2.24, 2.45) is 0 Å². The Kier molecular flexibility index (Phi) is 3.24. The predicted octanol–water partition coefficient (Wildman–Crippen LogP) is 4.21. The van der Waals surface area contributed by atoms with Gasteiger partial charge in [0.1, 0.15) is 11.6 Å². The molecule has 0 N–H and O–H groups in total. The Hall–Kier alpha value is -0.833. The van der Waals surface area contributed by atoms with Gasteiger partial charge in [0, 0.05) is 6.07 Å². The molecule has 0 saturated heterocycles. The van der Waals surface area contributed by atoms with Crippen molar-refractivity contribution in [2.75, 3.05) is 0 Å². The second kappa shape index (κ2) is 3.97. The summed E-state index contributed by atoms with van der Waals surface area (Å²) < 4.78 is 18.9. The van der Waals surface area contributed by atoms with Crippen LogP contribution in [0.2, 0.25) is 18.1 Å². The van der Waals surface area contributed by atoms with Crippen molar-refractivity contribution in [2.45, 2.75) is 38.9 Å². The van der Waals surface area contributed by atoms with E-state index in [4.69, 9.17) is 4.43 Å². The SMILES string of the molecule is CC(C)(C)[Si](C)(C)Oc1cccc(F)c1. The van der Waals surface area contributed by atoms with Crippen molar-refractivity contribution in [3.05, 3.63) is 30.1 Å². The Bertz CT molecular complexity index is 342. The normalized spacial score (nSPS) is 12.7. The molecule has 0 saturated carbocycles. The Balaban J connectivity index is 2.87. The van der Waals surface area contributed by atoms with Gasteiger partial charge in [-0.2, -0.15) is 0 Å². The van der Waals surface area contributed by atoms with Crippen LogP contribution in [0.3, 0.4) is 0 Å². The van der Waals surface area contributed by atoms with Crippen LogP contribution in [0.15, 0.2) is 24.3 Å². The van der Waals surface area contributed by atoms with E-state index in [1.165, 1.54) is 12.1 Å². The lowest BCUT2D eigenvalue weighted by Gasteiger charge is -2.36. The molecule has 84 valence electrons. The average Bonchev–Trinajstić information content (AvgIpc) is 2.00. The number of rotatable bonds is 2. The highest BCUT2D eigenvalue weighted by Crippen LogP contribution is 2.37. The molecule has 3 heteroatoms. The minimum atomic E-state index is -1.84. The molecule has 0 atom stereocenters. The van der Waals surface area contributed by atoms with Gasteiger partial charge in [-0.05, 0) is 30.3 Å². The van der Waals surface area contributed by atoms with Crippen LogP contribution >= 0.6 is 0 Å². The summed E-state index contributed by atoms with van der Waals surface area (Å²) >= 11 is 0. The van der Waals surface area contributed by atoms with E-state index in [1.54, 1.807) is 6.07 Å². The van der Waals surface area contributed by atoms with Gasteiger partial charge in [-0.25, -0.2) is 4.39 Å². The Morgan fingerprint density at radius 2 is 1.80 bits per heavy atom. The minimum absolute atomic E-state index is 0.138. The summed E-state index contributed by atoms with van der Waals surface area (Å²) in [5.41, 5.74) is 0. The van der Waals surface area contributed by atoms with E-state index < -0.39 is 8.32 Å². The molecular weight excluding hydrogens is 207 g/mol. The van der Waals surface area contributed by atoms with Gasteiger partial charge >= 0.3 is 0 Å². The van der Waals surface area contributed by atoms with E-state index >= 15 is 0 Å². The van der Waals surface area contributed by atoms with Crippen LogP contribution < -0.4 is 4.43 Å². The summed E-state index contributed by atoms with van der Waals surface area (Å²) in [7, 11) is -1.84. The molecule has 0 aromatic heterocycles. The largest absolute Gasteiger partial charge is 0.543 e. The van der Waals surface area contributed by atoms with Gasteiger partial charge in [0.2, 0.25) is 8.32 Å². The van der Waals surface area contributed by atoms with E-state index in [9.17, 15) is 4.39 Å². The minimum Gasteiger partial charge on any atom is -0.543 e. The first kappa shape index (κ1) is 12.2. The van der Waals surface area contributed by atoms with E-state index in [-0.39, 0.29) is 10.9 Å². The van der Waals surface area contributed by atoms with Crippen LogP contribution in [0.25, 0.3) is 0 Å². The van der Waals surface area contributed by atoms with Crippen LogP contribution in [0.5, 0.6) is 5.75 Å². The molecule has 15 heavy (non-hydrogen) atoms. The monoisotopic (exact) mass is 226 g/mol. The van der Waals surface area contributed by atoms with Crippen molar-refractivity contribution in [3.63, 3.8) is 0 Å². The summed E-state index contributed by atoms with van der Waals surface area (Å²) in [5.74, 6) is 0.396. The summed E-state index contributed by atoms with van der Waals surface area (Å²) in [6.07, 6.45) is 0. The summed E-state index contributed by atoms with van der Waals surface area (Å²) in [6, 6.07) is 6.36. The van der Waals surface area contributed by atoms with Gasteiger partial charge in [0.05, 0.1) is 0 Å². The lowest BCUT2D eigenvalue weighted by atomic mass is 10.2. The Morgan fingerprint density at radius 3 is 2.27 bits per heavy atom. The first-order chi connectivity index (χ1) is 6.72. The van der Waals surface area contributed by atoms with Crippen molar-refractivity contribution < 1.29 is 8.82 Å². The zero-order chi connectivity index (χ0) is 11.7.